The molecule has 0 unspecified atom stereocenters. The Kier molecular flexibility index (Phi) is 5.84. The molecule has 1 aliphatic rings. The maximum atomic E-state index is 12.9. The molecule has 2 aromatic heterocycles. The molecule has 0 bridgehead atoms. The Balaban J connectivity index is 1.84. The number of allylic oxidation sites excluding steroid dienone is 1. The number of amides is 1. The average molecular weight is 393 g/mol. The van der Waals surface area contributed by atoms with E-state index in [2.05, 4.69) is 23.5 Å². The predicted octanol–water partition coefficient (Wildman–Crippen LogP) is 2.13. The van der Waals surface area contributed by atoms with E-state index in [-0.39, 0.29) is 11.5 Å². The van der Waals surface area contributed by atoms with E-state index in [0.29, 0.717) is 22.8 Å². The van der Waals surface area contributed by atoms with Gasteiger partial charge in [0.2, 0.25) is 5.91 Å². The van der Waals surface area contributed by atoms with E-state index in [0.717, 1.165) is 41.5 Å². The van der Waals surface area contributed by atoms with Crippen molar-refractivity contribution in [1.29, 1.82) is 0 Å². The van der Waals surface area contributed by atoms with Crippen molar-refractivity contribution in [3.63, 3.8) is 0 Å². The highest BCUT2D eigenvalue weighted by Gasteiger charge is 2.21. The lowest BCUT2D eigenvalue weighted by Gasteiger charge is -2.32. The normalized spacial score (nSPS) is 15.6. The van der Waals surface area contributed by atoms with Gasteiger partial charge in [0.25, 0.3) is 5.56 Å². The van der Waals surface area contributed by atoms with Crippen LogP contribution in [0.4, 0.5) is 0 Å². The summed E-state index contributed by atoms with van der Waals surface area (Å²) in [6.07, 6.45) is 1.69. The van der Waals surface area contributed by atoms with E-state index in [1.54, 1.807) is 10.6 Å². The van der Waals surface area contributed by atoms with Gasteiger partial charge in [-0.2, -0.15) is 0 Å². The van der Waals surface area contributed by atoms with Crippen LogP contribution < -0.4 is 5.56 Å². The van der Waals surface area contributed by atoms with Crippen molar-refractivity contribution >= 4 is 39.2 Å². The Hall–Kier alpha value is -1.64. The molecule has 1 amide bonds. The van der Waals surface area contributed by atoms with Crippen LogP contribution in [0.2, 0.25) is 0 Å². The smallest absolute Gasteiger partial charge is 0.263 e. The van der Waals surface area contributed by atoms with E-state index >= 15 is 0 Å². The summed E-state index contributed by atoms with van der Waals surface area (Å²) >= 11 is 2.87. The molecule has 8 heteroatoms. The summed E-state index contributed by atoms with van der Waals surface area (Å²) in [6.45, 7) is 11.4. The van der Waals surface area contributed by atoms with Crippen molar-refractivity contribution in [1.82, 2.24) is 19.4 Å². The van der Waals surface area contributed by atoms with Crippen LogP contribution in [0.15, 0.2) is 22.6 Å². The molecule has 0 aliphatic carbocycles. The number of likely N-dealkylation sites (N-methyl/N-ethyl adjacent to an activating group) is 1. The number of carbonyl (C=O) groups excluding carboxylic acids is 1. The second-order valence-corrected chi connectivity index (χ2v) is 8.68. The standard InChI is InChI=1S/C18H24N4O2S2/c1-5-6-22-17(24)15-12(2)13(3)26-16(15)19-18(22)25-11-14(23)21-9-7-20(4)8-10-21/h5H,1,6-11H2,2-4H3. The Morgan fingerprint density at radius 1 is 1.31 bits per heavy atom. The summed E-state index contributed by atoms with van der Waals surface area (Å²) in [5.74, 6) is 0.392. The maximum Gasteiger partial charge on any atom is 0.263 e. The van der Waals surface area contributed by atoms with Crippen molar-refractivity contribution < 1.29 is 4.79 Å². The summed E-state index contributed by atoms with van der Waals surface area (Å²) < 4.78 is 1.62. The quantitative estimate of drug-likeness (QED) is 0.443. The van der Waals surface area contributed by atoms with Crippen LogP contribution >= 0.6 is 23.1 Å². The molecule has 6 nitrogen and oxygen atoms in total. The summed E-state index contributed by atoms with van der Waals surface area (Å²) in [7, 11) is 2.06. The molecule has 0 aromatic carbocycles. The third-order valence-electron chi connectivity index (χ3n) is 4.75. The van der Waals surface area contributed by atoms with Crippen molar-refractivity contribution in [2.75, 3.05) is 39.0 Å². The minimum Gasteiger partial charge on any atom is -0.339 e. The van der Waals surface area contributed by atoms with E-state index < -0.39 is 0 Å². The third kappa shape index (κ3) is 3.72. The van der Waals surface area contributed by atoms with Gasteiger partial charge in [-0.3, -0.25) is 14.2 Å². The number of rotatable bonds is 5. The second-order valence-electron chi connectivity index (χ2n) is 6.53. The zero-order chi connectivity index (χ0) is 18.8. The van der Waals surface area contributed by atoms with E-state index in [1.165, 1.54) is 23.1 Å². The fourth-order valence-corrected chi connectivity index (χ4v) is 4.96. The highest BCUT2D eigenvalue weighted by atomic mass is 32.2. The number of thiophene rings is 1. The Bertz CT molecular complexity index is 895. The molecular formula is C18H24N4O2S2. The molecule has 3 rings (SSSR count). The van der Waals surface area contributed by atoms with E-state index in [4.69, 9.17) is 0 Å². The van der Waals surface area contributed by atoms with Gasteiger partial charge in [0, 0.05) is 37.6 Å². The fourth-order valence-electron chi connectivity index (χ4n) is 2.98. The third-order valence-corrected chi connectivity index (χ3v) is 6.81. The first kappa shape index (κ1) is 19.1. The Morgan fingerprint density at radius 3 is 2.65 bits per heavy atom. The number of piperazine rings is 1. The van der Waals surface area contributed by atoms with Gasteiger partial charge in [-0.1, -0.05) is 17.8 Å². The summed E-state index contributed by atoms with van der Waals surface area (Å²) in [6, 6.07) is 0. The van der Waals surface area contributed by atoms with Crippen LogP contribution in [0.5, 0.6) is 0 Å². The average Bonchev–Trinajstić information content (AvgIpc) is 2.90. The molecule has 1 fully saturated rings. The lowest BCUT2D eigenvalue weighted by Crippen LogP contribution is -2.47. The Morgan fingerprint density at radius 2 is 2.00 bits per heavy atom. The molecule has 0 radical (unpaired) electrons. The first-order chi connectivity index (χ1) is 12.4. The second kappa shape index (κ2) is 7.94. The number of thioether (sulfide) groups is 1. The minimum atomic E-state index is -0.0497. The van der Waals surface area contributed by atoms with Gasteiger partial charge in [-0.25, -0.2) is 4.98 Å². The van der Waals surface area contributed by atoms with Crippen LogP contribution in [0, 0.1) is 13.8 Å². The Labute approximate surface area is 161 Å². The lowest BCUT2D eigenvalue weighted by molar-refractivity contribution is -0.129. The molecule has 0 N–H and O–H groups in total. The van der Waals surface area contributed by atoms with Crippen molar-refractivity contribution in [3.8, 4) is 0 Å². The van der Waals surface area contributed by atoms with Gasteiger partial charge < -0.3 is 9.80 Å². The van der Waals surface area contributed by atoms with Crippen molar-refractivity contribution in [3.05, 3.63) is 33.4 Å². The molecular weight excluding hydrogens is 368 g/mol. The molecule has 0 spiro atoms. The minimum absolute atomic E-state index is 0.0497. The van der Waals surface area contributed by atoms with Crippen LogP contribution in [-0.4, -0.2) is 64.2 Å². The maximum absolute atomic E-state index is 12.9. The van der Waals surface area contributed by atoms with Crippen LogP contribution in [-0.2, 0) is 11.3 Å². The highest BCUT2D eigenvalue weighted by Crippen LogP contribution is 2.28. The van der Waals surface area contributed by atoms with Gasteiger partial charge in [-0.05, 0) is 26.5 Å². The number of aromatic nitrogens is 2. The zero-order valence-corrected chi connectivity index (χ0v) is 17.1. The first-order valence-electron chi connectivity index (χ1n) is 8.63. The molecule has 0 atom stereocenters. The van der Waals surface area contributed by atoms with Gasteiger partial charge in [-0.15, -0.1) is 17.9 Å². The number of aryl methyl sites for hydroxylation is 2. The summed E-state index contributed by atoms with van der Waals surface area (Å²) in [4.78, 5) is 36.1. The molecule has 1 saturated heterocycles. The van der Waals surface area contributed by atoms with Gasteiger partial charge in [0.1, 0.15) is 4.83 Å². The summed E-state index contributed by atoms with van der Waals surface area (Å²) in [5.41, 5.74) is 0.941. The first-order valence-corrected chi connectivity index (χ1v) is 10.4. The van der Waals surface area contributed by atoms with E-state index in [1.807, 2.05) is 18.7 Å². The fraction of sp³-hybridized carbons (Fsp3) is 0.500. The molecule has 140 valence electrons. The van der Waals surface area contributed by atoms with Gasteiger partial charge in [0.15, 0.2) is 5.16 Å². The molecule has 1 aliphatic heterocycles. The number of hydrogen-bond acceptors (Lipinski definition) is 6. The zero-order valence-electron chi connectivity index (χ0n) is 15.4. The predicted molar refractivity (Wildman–Crippen MR) is 108 cm³/mol. The highest BCUT2D eigenvalue weighted by molar-refractivity contribution is 7.99. The number of fused-ring (bicyclic) bond motifs is 1. The topological polar surface area (TPSA) is 58.4 Å². The monoisotopic (exact) mass is 392 g/mol. The van der Waals surface area contributed by atoms with Crippen LogP contribution in [0.3, 0.4) is 0 Å². The van der Waals surface area contributed by atoms with Crippen LogP contribution in [0.1, 0.15) is 10.4 Å². The largest absolute Gasteiger partial charge is 0.339 e. The lowest BCUT2D eigenvalue weighted by atomic mass is 10.2. The molecule has 3 heterocycles. The van der Waals surface area contributed by atoms with Gasteiger partial charge in [0.05, 0.1) is 11.1 Å². The van der Waals surface area contributed by atoms with E-state index in [9.17, 15) is 9.59 Å². The molecule has 26 heavy (non-hydrogen) atoms. The number of hydrogen-bond donors (Lipinski definition) is 0. The number of nitrogens with zero attached hydrogens (tertiary/aromatic N) is 4. The van der Waals surface area contributed by atoms with Crippen molar-refractivity contribution in [2.45, 2.75) is 25.5 Å². The SMILES string of the molecule is C=CCn1c(SCC(=O)N2CCN(C)CC2)nc2sc(C)c(C)c2c1=O. The number of carbonyl (C=O) groups is 1. The molecule has 2 aromatic rings. The van der Waals surface area contributed by atoms with Gasteiger partial charge >= 0.3 is 0 Å². The molecule has 0 saturated carbocycles. The summed E-state index contributed by atoms with van der Waals surface area (Å²) in [5, 5.41) is 1.27. The van der Waals surface area contributed by atoms with Crippen LogP contribution in [0.25, 0.3) is 10.2 Å². The van der Waals surface area contributed by atoms with Crippen molar-refractivity contribution in [2.24, 2.45) is 0 Å².